The van der Waals surface area contributed by atoms with Crippen molar-refractivity contribution in [1.82, 2.24) is 20.4 Å². The van der Waals surface area contributed by atoms with Crippen LogP contribution in [0.1, 0.15) is 18.5 Å². The van der Waals surface area contributed by atoms with Gasteiger partial charge in [0.15, 0.2) is 11.5 Å². The van der Waals surface area contributed by atoms with Crippen molar-refractivity contribution < 1.29 is 23.8 Å². The Morgan fingerprint density at radius 2 is 1.90 bits per heavy atom. The van der Waals surface area contributed by atoms with E-state index >= 15 is 0 Å². The third kappa shape index (κ3) is 4.68. The van der Waals surface area contributed by atoms with Gasteiger partial charge in [-0.2, -0.15) is 0 Å². The van der Waals surface area contributed by atoms with Gasteiger partial charge in [0.1, 0.15) is 0 Å². The number of ether oxygens (including phenoxy) is 3. The summed E-state index contributed by atoms with van der Waals surface area (Å²) in [6.45, 7) is 6.02. The summed E-state index contributed by atoms with van der Waals surface area (Å²) < 4.78 is 16.3. The van der Waals surface area contributed by atoms with Gasteiger partial charge in [0.05, 0.1) is 32.4 Å². The topological polar surface area (TPSA) is 92.4 Å². The van der Waals surface area contributed by atoms with Crippen molar-refractivity contribution in [3.63, 3.8) is 0 Å². The second-order valence-electron chi connectivity index (χ2n) is 7.31. The van der Waals surface area contributed by atoms with Gasteiger partial charge < -0.3 is 29.7 Å². The van der Waals surface area contributed by atoms with Crippen molar-refractivity contribution in [2.45, 2.75) is 13.0 Å². The molecule has 1 saturated heterocycles. The molecule has 1 atom stereocenters. The fraction of sp³-hybridized carbons (Fsp3) is 0.524. The predicted octanol–water partition coefficient (Wildman–Crippen LogP) is 1.12. The normalized spacial score (nSPS) is 20.4. The number of methoxy groups -OCH3 is 2. The molecule has 2 aliphatic rings. The highest BCUT2D eigenvalue weighted by Crippen LogP contribution is 2.39. The van der Waals surface area contributed by atoms with E-state index in [0.29, 0.717) is 34.9 Å². The molecule has 1 fully saturated rings. The van der Waals surface area contributed by atoms with Crippen LogP contribution in [0.3, 0.4) is 0 Å². The number of amides is 2. The lowest BCUT2D eigenvalue weighted by atomic mass is 9.93. The summed E-state index contributed by atoms with van der Waals surface area (Å²) in [5, 5.41) is 5.68. The van der Waals surface area contributed by atoms with Crippen LogP contribution in [0.4, 0.5) is 4.79 Å². The van der Waals surface area contributed by atoms with Crippen LogP contribution in [0.25, 0.3) is 0 Å². The first kappa shape index (κ1) is 21.9. The molecule has 1 aromatic carbocycles. The monoisotopic (exact) mass is 418 g/mol. The molecule has 3 rings (SSSR count). The largest absolute Gasteiger partial charge is 0.493 e. The van der Waals surface area contributed by atoms with Crippen molar-refractivity contribution in [1.29, 1.82) is 0 Å². The number of nitrogens with zero attached hydrogens (tertiary/aromatic N) is 2. The van der Waals surface area contributed by atoms with Crippen molar-refractivity contribution in [2.24, 2.45) is 0 Å². The molecule has 2 amide bonds. The maximum Gasteiger partial charge on any atom is 0.338 e. The molecular weight excluding hydrogens is 388 g/mol. The molecule has 164 valence electrons. The molecule has 0 aliphatic carbocycles. The van der Waals surface area contributed by atoms with Crippen LogP contribution in [0.15, 0.2) is 29.5 Å². The Balaban J connectivity index is 2.04. The van der Waals surface area contributed by atoms with Gasteiger partial charge in [-0.15, -0.1) is 0 Å². The molecule has 2 heterocycles. The minimum absolute atomic E-state index is 0.236. The highest BCUT2D eigenvalue weighted by Gasteiger charge is 2.36. The zero-order valence-corrected chi connectivity index (χ0v) is 18.0. The van der Waals surface area contributed by atoms with E-state index in [0.717, 1.165) is 26.2 Å². The molecule has 0 bridgehead atoms. The minimum atomic E-state index is -0.717. The predicted molar refractivity (Wildman–Crippen MR) is 112 cm³/mol. The quantitative estimate of drug-likeness (QED) is 0.641. The number of esters is 1. The van der Waals surface area contributed by atoms with E-state index in [1.165, 1.54) is 7.11 Å². The third-order valence-corrected chi connectivity index (χ3v) is 5.37. The molecule has 1 aromatic rings. The number of hydrogen-bond donors (Lipinski definition) is 2. The Morgan fingerprint density at radius 3 is 2.53 bits per heavy atom. The number of carbonyl (C=O) groups excluding carboxylic acids is 2. The fourth-order valence-corrected chi connectivity index (χ4v) is 3.79. The summed E-state index contributed by atoms with van der Waals surface area (Å²) in [5.41, 5.74) is 1.56. The van der Waals surface area contributed by atoms with Crippen LogP contribution in [0.5, 0.6) is 11.5 Å². The lowest BCUT2D eigenvalue weighted by molar-refractivity contribution is -0.139. The highest BCUT2D eigenvalue weighted by molar-refractivity contribution is 5.95. The average molecular weight is 418 g/mol. The average Bonchev–Trinajstić information content (AvgIpc) is 2.74. The third-order valence-electron chi connectivity index (χ3n) is 5.37. The Bertz CT molecular complexity index is 818. The number of likely N-dealkylation sites (N-methyl/N-ethyl adjacent to an activating group) is 1. The Hall–Kier alpha value is -2.78. The minimum Gasteiger partial charge on any atom is -0.493 e. The van der Waals surface area contributed by atoms with Crippen molar-refractivity contribution in [3.05, 3.63) is 35.0 Å². The number of piperazine rings is 1. The Labute approximate surface area is 176 Å². The SMILES string of the molecule is CCOC(=O)C1=C(CN2CCN(C)CC2)NC(=O)N[C@@H]1c1cccc(OC)c1OC. The number of benzene rings is 1. The number of rotatable bonds is 7. The van der Waals surface area contributed by atoms with Gasteiger partial charge in [0.25, 0.3) is 0 Å². The van der Waals surface area contributed by atoms with Gasteiger partial charge in [-0.1, -0.05) is 12.1 Å². The molecule has 2 N–H and O–H groups in total. The second-order valence-corrected chi connectivity index (χ2v) is 7.31. The molecule has 0 saturated carbocycles. The van der Waals surface area contributed by atoms with E-state index in [-0.39, 0.29) is 12.6 Å². The zero-order chi connectivity index (χ0) is 21.7. The van der Waals surface area contributed by atoms with E-state index in [1.807, 2.05) is 6.07 Å². The molecule has 9 nitrogen and oxygen atoms in total. The van der Waals surface area contributed by atoms with Gasteiger partial charge in [-0.25, -0.2) is 9.59 Å². The van der Waals surface area contributed by atoms with Gasteiger partial charge in [0.2, 0.25) is 0 Å². The van der Waals surface area contributed by atoms with Crippen LogP contribution in [0, 0.1) is 0 Å². The van der Waals surface area contributed by atoms with E-state index in [2.05, 4.69) is 27.5 Å². The molecule has 0 spiro atoms. The lowest BCUT2D eigenvalue weighted by Crippen LogP contribution is -2.51. The maximum atomic E-state index is 13.0. The summed E-state index contributed by atoms with van der Waals surface area (Å²) >= 11 is 0. The van der Waals surface area contributed by atoms with E-state index in [4.69, 9.17) is 14.2 Å². The maximum absolute atomic E-state index is 13.0. The van der Waals surface area contributed by atoms with Crippen molar-refractivity contribution >= 4 is 12.0 Å². The number of nitrogens with one attached hydrogen (secondary N) is 2. The number of para-hydroxylation sites is 1. The van der Waals surface area contributed by atoms with Gasteiger partial charge in [-0.05, 0) is 20.0 Å². The second kappa shape index (κ2) is 9.82. The zero-order valence-electron chi connectivity index (χ0n) is 18.0. The number of carbonyl (C=O) groups is 2. The molecule has 0 radical (unpaired) electrons. The standard InChI is InChI=1S/C21H30N4O5/c1-5-30-20(26)17-15(13-25-11-9-24(2)10-12-25)22-21(27)23-18(17)14-7-6-8-16(28-3)19(14)29-4/h6-8,18H,5,9-13H2,1-4H3,(H2,22,23,27)/t18-/m1/s1. The molecule has 0 aromatic heterocycles. The molecule has 30 heavy (non-hydrogen) atoms. The van der Waals surface area contributed by atoms with E-state index in [1.54, 1.807) is 26.2 Å². The number of urea groups is 1. The molecule has 2 aliphatic heterocycles. The van der Waals surface area contributed by atoms with Crippen LogP contribution < -0.4 is 20.1 Å². The molecular formula is C21H30N4O5. The molecule has 0 unspecified atom stereocenters. The van der Waals surface area contributed by atoms with Crippen LogP contribution in [-0.2, 0) is 9.53 Å². The van der Waals surface area contributed by atoms with Crippen LogP contribution in [-0.4, -0.2) is 82.4 Å². The van der Waals surface area contributed by atoms with E-state index in [9.17, 15) is 9.59 Å². The summed E-state index contributed by atoms with van der Waals surface area (Å²) in [7, 11) is 5.16. The molecule has 9 heteroatoms. The van der Waals surface area contributed by atoms with Gasteiger partial charge in [-0.3, -0.25) is 4.90 Å². The number of hydrogen-bond acceptors (Lipinski definition) is 7. The Kier molecular flexibility index (Phi) is 7.17. The first-order chi connectivity index (χ1) is 14.5. The van der Waals surface area contributed by atoms with Gasteiger partial charge >= 0.3 is 12.0 Å². The first-order valence-electron chi connectivity index (χ1n) is 10.1. The highest BCUT2D eigenvalue weighted by atomic mass is 16.5. The van der Waals surface area contributed by atoms with Gasteiger partial charge in [0, 0.05) is 44.0 Å². The van der Waals surface area contributed by atoms with Crippen LogP contribution in [0.2, 0.25) is 0 Å². The van der Waals surface area contributed by atoms with E-state index < -0.39 is 12.0 Å². The van der Waals surface area contributed by atoms with Crippen LogP contribution >= 0.6 is 0 Å². The fourth-order valence-electron chi connectivity index (χ4n) is 3.79. The summed E-state index contributed by atoms with van der Waals surface area (Å²) in [6.07, 6.45) is 0. The van der Waals surface area contributed by atoms with Crippen molar-refractivity contribution in [2.75, 3.05) is 60.6 Å². The Morgan fingerprint density at radius 1 is 1.17 bits per heavy atom. The van der Waals surface area contributed by atoms with Crippen molar-refractivity contribution in [3.8, 4) is 11.5 Å². The summed E-state index contributed by atoms with van der Waals surface area (Å²) in [5.74, 6) is 0.517. The smallest absolute Gasteiger partial charge is 0.338 e. The first-order valence-corrected chi connectivity index (χ1v) is 10.1. The summed E-state index contributed by atoms with van der Waals surface area (Å²) in [6, 6.07) is 4.29. The summed E-state index contributed by atoms with van der Waals surface area (Å²) in [4.78, 5) is 30.0. The lowest BCUT2D eigenvalue weighted by Gasteiger charge is -2.36.